The standard InChI is InChI=1S/C18H22N4O7/c1-11(20-17(25)13-3-2-4-14(9-13)22(27)28)18(26)29-10-15(23)21-7-5-12(6-8-21)16(19)24/h2-4,9,11-12H,5-8,10H2,1H3,(H2,19,24)(H,20,25). The Bertz CT molecular complexity index is 818. The van der Waals surface area contributed by atoms with Crippen LogP contribution in [0.1, 0.15) is 30.1 Å². The average Bonchev–Trinajstić information content (AvgIpc) is 2.71. The summed E-state index contributed by atoms with van der Waals surface area (Å²) in [5.74, 6) is -2.55. The number of likely N-dealkylation sites (tertiary alicyclic amines) is 1. The quantitative estimate of drug-likeness (QED) is 0.365. The van der Waals surface area contributed by atoms with Gasteiger partial charge in [0.2, 0.25) is 5.91 Å². The lowest BCUT2D eigenvalue weighted by molar-refractivity contribution is -0.384. The molecule has 0 radical (unpaired) electrons. The molecule has 0 spiro atoms. The minimum atomic E-state index is -1.06. The maximum atomic E-state index is 12.2. The van der Waals surface area contributed by atoms with Crippen molar-refractivity contribution in [3.63, 3.8) is 0 Å². The van der Waals surface area contributed by atoms with Crippen LogP contribution in [0.5, 0.6) is 0 Å². The number of carbonyl (C=O) groups is 4. The van der Waals surface area contributed by atoms with Crippen molar-refractivity contribution < 1.29 is 28.8 Å². The third-order valence-electron chi connectivity index (χ3n) is 4.61. The van der Waals surface area contributed by atoms with E-state index in [1.807, 2.05) is 0 Å². The van der Waals surface area contributed by atoms with E-state index in [4.69, 9.17) is 10.5 Å². The zero-order valence-electron chi connectivity index (χ0n) is 15.8. The first-order valence-electron chi connectivity index (χ1n) is 8.98. The number of ether oxygens (including phenoxy) is 1. The van der Waals surface area contributed by atoms with Crippen molar-refractivity contribution in [3.8, 4) is 0 Å². The third-order valence-corrected chi connectivity index (χ3v) is 4.61. The first-order chi connectivity index (χ1) is 13.7. The van der Waals surface area contributed by atoms with Crippen LogP contribution in [0.2, 0.25) is 0 Å². The zero-order chi connectivity index (χ0) is 21.6. The lowest BCUT2D eigenvalue weighted by atomic mass is 9.96. The van der Waals surface area contributed by atoms with Gasteiger partial charge in [0.1, 0.15) is 6.04 Å². The van der Waals surface area contributed by atoms with E-state index in [0.29, 0.717) is 25.9 Å². The number of piperidine rings is 1. The Morgan fingerprint density at radius 2 is 1.97 bits per heavy atom. The molecule has 1 aromatic rings. The van der Waals surface area contributed by atoms with E-state index in [0.717, 1.165) is 6.07 Å². The fraction of sp³-hybridized carbons (Fsp3) is 0.444. The maximum Gasteiger partial charge on any atom is 0.328 e. The second-order valence-corrected chi connectivity index (χ2v) is 6.67. The SMILES string of the molecule is CC(NC(=O)c1cccc([N+](=O)[O-])c1)C(=O)OCC(=O)N1CCC(C(N)=O)CC1. The van der Waals surface area contributed by atoms with Gasteiger partial charge in [0.05, 0.1) is 4.92 Å². The summed E-state index contributed by atoms with van der Waals surface area (Å²) in [6.45, 7) is 1.59. The molecule has 1 heterocycles. The first kappa shape index (κ1) is 21.8. The molecule has 3 amide bonds. The van der Waals surface area contributed by atoms with Crippen LogP contribution in [0.4, 0.5) is 5.69 Å². The van der Waals surface area contributed by atoms with Crippen LogP contribution in [0.3, 0.4) is 0 Å². The minimum absolute atomic E-state index is 0.0206. The molecule has 1 saturated heterocycles. The number of nitrogens with one attached hydrogen (secondary N) is 1. The Labute approximate surface area is 166 Å². The number of hydrogen-bond acceptors (Lipinski definition) is 7. The summed E-state index contributed by atoms with van der Waals surface area (Å²) in [6, 6.07) is 4.00. The van der Waals surface area contributed by atoms with Crippen molar-refractivity contribution in [1.29, 1.82) is 0 Å². The molecule has 1 atom stereocenters. The van der Waals surface area contributed by atoms with Crippen molar-refractivity contribution in [2.75, 3.05) is 19.7 Å². The molecule has 1 unspecified atom stereocenters. The Morgan fingerprint density at radius 1 is 1.31 bits per heavy atom. The predicted molar refractivity (Wildman–Crippen MR) is 99.5 cm³/mol. The largest absolute Gasteiger partial charge is 0.454 e. The van der Waals surface area contributed by atoms with Gasteiger partial charge in [0.15, 0.2) is 6.61 Å². The highest BCUT2D eigenvalue weighted by atomic mass is 16.6. The number of primary amides is 1. The lowest BCUT2D eigenvalue weighted by Gasteiger charge is -2.30. The van der Waals surface area contributed by atoms with E-state index in [9.17, 15) is 29.3 Å². The highest BCUT2D eigenvalue weighted by Gasteiger charge is 2.27. The topological polar surface area (TPSA) is 162 Å². The van der Waals surface area contributed by atoms with Gasteiger partial charge in [-0.15, -0.1) is 0 Å². The molecule has 1 fully saturated rings. The van der Waals surface area contributed by atoms with Crippen LogP contribution in [0, 0.1) is 16.0 Å². The van der Waals surface area contributed by atoms with Crippen LogP contribution in [-0.4, -0.2) is 59.3 Å². The number of rotatable bonds is 7. The third kappa shape index (κ3) is 5.99. The number of amides is 3. The zero-order valence-corrected chi connectivity index (χ0v) is 15.8. The molecule has 0 bridgehead atoms. The molecule has 29 heavy (non-hydrogen) atoms. The number of esters is 1. The van der Waals surface area contributed by atoms with Crippen molar-refractivity contribution in [1.82, 2.24) is 10.2 Å². The Hall–Kier alpha value is -3.50. The van der Waals surface area contributed by atoms with Crippen molar-refractivity contribution in [3.05, 3.63) is 39.9 Å². The fourth-order valence-corrected chi connectivity index (χ4v) is 2.86. The summed E-state index contributed by atoms with van der Waals surface area (Å²) in [7, 11) is 0. The maximum absolute atomic E-state index is 12.2. The smallest absolute Gasteiger partial charge is 0.328 e. The number of nitrogens with two attached hydrogens (primary N) is 1. The van der Waals surface area contributed by atoms with E-state index in [1.165, 1.54) is 30.0 Å². The highest BCUT2D eigenvalue weighted by Crippen LogP contribution is 2.17. The van der Waals surface area contributed by atoms with Gasteiger partial charge in [-0.3, -0.25) is 24.5 Å². The molecule has 0 saturated carbocycles. The summed E-state index contributed by atoms with van der Waals surface area (Å²) >= 11 is 0. The van der Waals surface area contributed by atoms with E-state index in [2.05, 4.69) is 5.32 Å². The molecule has 3 N–H and O–H groups in total. The van der Waals surface area contributed by atoms with Crippen molar-refractivity contribution in [2.24, 2.45) is 11.7 Å². The number of nitro groups is 1. The van der Waals surface area contributed by atoms with Gasteiger partial charge in [-0.05, 0) is 25.8 Å². The molecule has 0 aliphatic carbocycles. The molecule has 1 aliphatic heterocycles. The highest BCUT2D eigenvalue weighted by molar-refractivity contribution is 5.97. The monoisotopic (exact) mass is 406 g/mol. The number of non-ortho nitro benzene ring substituents is 1. The van der Waals surface area contributed by atoms with Gasteiger partial charge in [-0.25, -0.2) is 4.79 Å². The normalized spacial score (nSPS) is 15.3. The molecule has 11 nitrogen and oxygen atoms in total. The molecule has 0 aromatic heterocycles. The molecular weight excluding hydrogens is 384 g/mol. The van der Waals surface area contributed by atoms with Crippen LogP contribution in [-0.2, 0) is 19.1 Å². The Kier molecular flexibility index (Phi) is 7.23. The number of nitrogens with zero attached hydrogens (tertiary/aromatic N) is 2. The Morgan fingerprint density at radius 3 is 2.55 bits per heavy atom. The molecular formula is C18H22N4O7. The number of nitro benzene ring substituents is 1. The van der Waals surface area contributed by atoms with Crippen molar-refractivity contribution >= 4 is 29.4 Å². The van der Waals surface area contributed by atoms with E-state index >= 15 is 0 Å². The van der Waals surface area contributed by atoms with Crippen LogP contribution in [0.25, 0.3) is 0 Å². The number of carbonyl (C=O) groups excluding carboxylic acids is 4. The molecule has 11 heteroatoms. The lowest BCUT2D eigenvalue weighted by Crippen LogP contribution is -2.44. The van der Waals surface area contributed by atoms with Gasteiger partial charge >= 0.3 is 5.97 Å². The van der Waals surface area contributed by atoms with Crippen LogP contribution < -0.4 is 11.1 Å². The van der Waals surface area contributed by atoms with Crippen LogP contribution >= 0.6 is 0 Å². The van der Waals surface area contributed by atoms with Gasteiger partial charge < -0.3 is 20.7 Å². The summed E-state index contributed by atoms with van der Waals surface area (Å²) in [4.78, 5) is 59.1. The van der Waals surface area contributed by atoms with E-state index in [-0.39, 0.29) is 17.2 Å². The summed E-state index contributed by atoms with van der Waals surface area (Å²) in [5, 5.41) is 13.1. The fourth-order valence-electron chi connectivity index (χ4n) is 2.86. The average molecular weight is 406 g/mol. The summed E-state index contributed by atoms with van der Waals surface area (Å²) < 4.78 is 4.95. The minimum Gasteiger partial charge on any atom is -0.454 e. The van der Waals surface area contributed by atoms with Gasteiger partial charge in [-0.2, -0.15) is 0 Å². The van der Waals surface area contributed by atoms with E-state index < -0.39 is 41.3 Å². The molecule has 1 aromatic carbocycles. The summed E-state index contributed by atoms with van der Waals surface area (Å²) in [5.41, 5.74) is 5.01. The van der Waals surface area contributed by atoms with Crippen molar-refractivity contribution in [2.45, 2.75) is 25.8 Å². The van der Waals surface area contributed by atoms with E-state index in [1.54, 1.807) is 0 Å². The van der Waals surface area contributed by atoms with Gasteiger partial charge in [0, 0.05) is 36.7 Å². The first-order valence-corrected chi connectivity index (χ1v) is 8.98. The second-order valence-electron chi connectivity index (χ2n) is 6.67. The van der Waals surface area contributed by atoms with Gasteiger partial charge in [0.25, 0.3) is 17.5 Å². The molecule has 156 valence electrons. The predicted octanol–water partition coefficient (Wildman–Crippen LogP) is -0.0198. The second kappa shape index (κ2) is 9.62. The Balaban J connectivity index is 1.81. The van der Waals surface area contributed by atoms with Crippen LogP contribution in [0.15, 0.2) is 24.3 Å². The number of benzene rings is 1. The summed E-state index contributed by atoms with van der Waals surface area (Å²) in [6.07, 6.45) is 0.926. The number of hydrogen-bond donors (Lipinski definition) is 2. The van der Waals surface area contributed by atoms with Gasteiger partial charge in [-0.1, -0.05) is 6.07 Å². The molecule has 2 rings (SSSR count). The molecule has 1 aliphatic rings.